The van der Waals surface area contributed by atoms with Gasteiger partial charge in [0.25, 0.3) is 0 Å². The van der Waals surface area contributed by atoms with Gasteiger partial charge >= 0.3 is 12.2 Å². The van der Waals surface area contributed by atoms with Crippen molar-refractivity contribution in [2.24, 2.45) is 0 Å². The van der Waals surface area contributed by atoms with E-state index in [0.29, 0.717) is 43.1 Å². The number of nitrogens with zero attached hydrogens (tertiary/aromatic N) is 6. The number of pyridine rings is 1. The van der Waals surface area contributed by atoms with E-state index >= 15 is 0 Å². The van der Waals surface area contributed by atoms with Crippen molar-refractivity contribution < 1.29 is 23.8 Å². The van der Waals surface area contributed by atoms with Gasteiger partial charge in [0.15, 0.2) is 5.82 Å². The minimum Gasteiger partial charge on any atom is -0.450 e. The molecule has 1 fully saturated rings. The van der Waals surface area contributed by atoms with E-state index in [-0.39, 0.29) is 25.3 Å². The predicted octanol–water partition coefficient (Wildman–Crippen LogP) is 3.55. The Morgan fingerprint density at radius 3 is 2.51 bits per heavy atom. The fourth-order valence-electron chi connectivity index (χ4n) is 4.53. The number of imidazole rings is 1. The molecule has 1 saturated heterocycles. The van der Waals surface area contributed by atoms with Gasteiger partial charge in [-0.05, 0) is 36.8 Å². The van der Waals surface area contributed by atoms with Crippen molar-refractivity contribution >= 4 is 29.2 Å². The van der Waals surface area contributed by atoms with Gasteiger partial charge in [0.1, 0.15) is 6.61 Å². The number of carbonyl (C=O) groups excluding carboxylic acids is 2. The minimum absolute atomic E-state index is 0.252. The maximum atomic E-state index is 12.2. The summed E-state index contributed by atoms with van der Waals surface area (Å²) in [7, 11) is 1.57. The highest BCUT2D eigenvalue weighted by Crippen LogP contribution is 2.32. The zero-order chi connectivity index (χ0) is 28.6. The molecular formula is C28H32N8O5. The summed E-state index contributed by atoms with van der Waals surface area (Å²) in [6.45, 7) is 5.99. The smallest absolute Gasteiger partial charge is 0.413 e. The zero-order valence-corrected chi connectivity index (χ0v) is 23.0. The lowest BCUT2D eigenvalue weighted by molar-refractivity contribution is 0.0549. The molecule has 3 aromatic heterocycles. The summed E-state index contributed by atoms with van der Waals surface area (Å²) in [5.41, 5.74) is 4.79. The molecule has 1 aliphatic heterocycles. The summed E-state index contributed by atoms with van der Waals surface area (Å²) in [5, 5.41) is 2.62. The van der Waals surface area contributed by atoms with E-state index in [9.17, 15) is 9.59 Å². The van der Waals surface area contributed by atoms with Crippen LogP contribution in [0.1, 0.15) is 12.6 Å². The molecule has 2 N–H and O–H groups in total. The number of hydrogen-bond donors (Lipinski definition) is 2. The van der Waals surface area contributed by atoms with Gasteiger partial charge in [-0.3, -0.25) is 15.2 Å². The first-order valence-corrected chi connectivity index (χ1v) is 13.4. The molecular weight excluding hydrogens is 528 g/mol. The number of methoxy groups -OCH3 is 1. The maximum Gasteiger partial charge on any atom is 0.413 e. The Hall–Kier alpha value is -4.62. The fraction of sp³-hybridized carbons (Fsp3) is 0.357. The molecule has 0 radical (unpaired) electrons. The summed E-state index contributed by atoms with van der Waals surface area (Å²) in [4.78, 5) is 49.3. The molecule has 1 aromatic carbocycles. The van der Waals surface area contributed by atoms with Crippen molar-refractivity contribution in [3.63, 3.8) is 0 Å². The van der Waals surface area contributed by atoms with Gasteiger partial charge in [-0.2, -0.15) is 0 Å². The van der Waals surface area contributed by atoms with Gasteiger partial charge in [-0.25, -0.2) is 24.5 Å². The second kappa shape index (κ2) is 13.2. The molecule has 0 atom stereocenters. The number of aromatic nitrogens is 5. The Morgan fingerprint density at radius 2 is 1.80 bits per heavy atom. The third kappa shape index (κ3) is 6.94. The summed E-state index contributed by atoms with van der Waals surface area (Å²) in [5.74, 6) is 0.793. The first-order chi connectivity index (χ1) is 20.0. The summed E-state index contributed by atoms with van der Waals surface area (Å²) in [6, 6.07) is 9.68. The lowest BCUT2D eigenvalue weighted by atomic mass is 10.0. The summed E-state index contributed by atoms with van der Waals surface area (Å²) >= 11 is 0. The highest BCUT2D eigenvalue weighted by molar-refractivity contribution is 5.96. The largest absolute Gasteiger partial charge is 0.450 e. The molecule has 0 spiro atoms. The Balaban J connectivity index is 1.30. The van der Waals surface area contributed by atoms with E-state index in [1.807, 2.05) is 30.5 Å². The van der Waals surface area contributed by atoms with Crippen LogP contribution in [0.25, 0.3) is 33.5 Å². The summed E-state index contributed by atoms with van der Waals surface area (Å²) in [6.07, 6.45) is 4.29. The molecule has 1 aliphatic rings. The van der Waals surface area contributed by atoms with Crippen LogP contribution in [-0.2, 0) is 20.8 Å². The number of piperazine rings is 1. The number of H-pyrrole nitrogens is 1. The number of amides is 2. The average molecular weight is 561 g/mol. The van der Waals surface area contributed by atoms with Gasteiger partial charge in [0.2, 0.25) is 5.95 Å². The number of anilines is 1. The predicted molar refractivity (Wildman–Crippen MR) is 151 cm³/mol. The quantitative estimate of drug-likeness (QED) is 0.291. The van der Waals surface area contributed by atoms with Crippen molar-refractivity contribution in [1.29, 1.82) is 0 Å². The molecule has 0 aliphatic carbocycles. The molecule has 13 nitrogen and oxygen atoms in total. The van der Waals surface area contributed by atoms with Crippen LogP contribution in [0.4, 0.5) is 15.5 Å². The Labute approximate surface area is 236 Å². The normalized spacial score (nSPS) is 13.8. The molecule has 0 bridgehead atoms. The van der Waals surface area contributed by atoms with Crippen molar-refractivity contribution in [1.82, 2.24) is 34.7 Å². The number of benzene rings is 1. The fourth-order valence-corrected chi connectivity index (χ4v) is 4.53. The van der Waals surface area contributed by atoms with Crippen LogP contribution in [0.15, 0.2) is 48.9 Å². The van der Waals surface area contributed by atoms with Crippen molar-refractivity contribution in [2.75, 3.05) is 58.4 Å². The topological polar surface area (TPSA) is 148 Å². The van der Waals surface area contributed by atoms with Gasteiger partial charge in [0.05, 0.1) is 29.9 Å². The molecule has 5 rings (SSSR count). The molecule has 41 heavy (non-hydrogen) atoms. The van der Waals surface area contributed by atoms with E-state index in [2.05, 4.69) is 30.2 Å². The Morgan fingerprint density at radius 1 is 1.00 bits per heavy atom. The number of rotatable bonds is 9. The first kappa shape index (κ1) is 27.9. The SMILES string of the molecule is CCOC(=O)Nc1nc2cc(-c3ccc(CN4CCN(C(=O)OCCOC)CC4)nc3)cc(-c3ncccn3)c2[nH]1. The van der Waals surface area contributed by atoms with E-state index in [0.717, 1.165) is 35.5 Å². The molecule has 2 amide bonds. The van der Waals surface area contributed by atoms with E-state index in [1.54, 1.807) is 37.4 Å². The summed E-state index contributed by atoms with van der Waals surface area (Å²) < 4.78 is 15.1. The third-order valence-electron chi connectivity index (χ3n) is 6.58. The molecule has 4 aromatic rings. The van der Waals surface area contributed by atoms with Crippen molar-refractivity contribution in [3.8, 4) is 22.5 Å². The highest BCUT2D eigenvalue weighted by Gasteiger charge is 2.22. The zero-order valence-electron chi connectivity index (χ0n) is 23.0. The molecule has 4 heterocycles. The van der Waals surface area contributed by atoms with Crippen LogP contribution >= 0.6 is 0 Å². The average Bonchev–Trinajstić information content (AvgIpc) is 3.40. The monoisotopic (exact) mass is 560 g/mol. The Kier molecular flexibility index (Phi) is 8.96. The van der Waals surface area contributed by atoms with Crippen LogP contribution in [0.3, 0.4) is 0 Å². The number of aromatic amines is 1. The molecule has 214 valence electrons. The van der Waals surface area contributed by atoms with Gasteiger partial charge in [0, 0.05) is 69.6 Å². The first-order valence-electron chi connectivity index (χ1n) is 13.4. The van der Waals surface area contributed by atoms with Crippen LogP contribution in [0.2, 0.25) is 0 Å². The second-order valence-corrected chi connectivity index (χ2v) is 9.33. The van der Waals surface area contributed by atoms with Gasteiger partial charge in [-0.15, -0.1) is 0 Å². The van der Waals surface area contributed by atoms with Crippen molar-refractivity contribution in [2.45, 2.75) is 13.5 Å². The lowest BCUT2D eigenvalue weighted by Crippen LogP contribution is -2.48. The lowest BCUT2D eigenvalue weighted by Gasteiger charge is -2.33. The van der Waals surface area contributed by atoms with Gasteiger partial charge in [-0.1, -0.05) is 6.07 Å². The number of nitrogens with one attached hydrogen (secondary N) is 2. The minimum atomic E-state index is -0.590. The van der Waals surface area contributed by atoms with E-state index < -0.39 is 6.09 Å². The van der Waals surface area contributed by atoms with Gasteiger partial charge < -0.3 is 24.1 Å². The van der Waals surface area contributed by atoms with Crippen LogP contribution in [0, 0.1) is 0 Å². The highest BCUT2D eigenvalue weighted by atomic mass is 16.6. The van der Waals surface area contributed by atoms with Crippen LogP contribution in [-0.4, -0.2) is 100 Å². The van der Waals surface area contributed by atoms with Crippen molar-refractivity contribution in [3.05, 3.63) is 54.6 Å². The maximum absolute atomic E-state index is 12.2. The standard InChI is InChI=1S/C28H32N8O5/c1-3-40-27(37)34-26-32-23-16-20(15-22(24(23)33-26)25-29-7-4-8-30-25)19-5-6-21(31-17-19)18-35-9-11-36(12-10-35)28(38)41-14-13-39-2/h4-8,15-17H,3,9-14,18H2,1-2H3,(H2,32,33,34,37). The number of carbonyl (C=O) groups is 2. The van der Waals surface area contributed by atoms with E-state index in [1.165, 1.54) is 0 Å². The van der Waals surface area contributed by atoms with Crippen LogP contribution < -0.4 is 5.32 Å². The molecule has 0 saturated carbocycles. The number of fused-ring (bicyclic) bond motifs is 1. The molecule has 0 unspecified atom stereocenters. The molecule has 13 heteroatoms. The Bertz CT molecular complexity index is 1470. The second-order valence-electron chi connectivity index (χ2n) is 9.33. The number of hydrogen-bond acceptors (Lipinski definition) is 10. The van der Waals surface area contributed by atoms with Crippen LogP contribution in [0.5, 0.6) is 0 Å². The number of ether oxygens (including phenoxy) is 3. The van der Waals surface area contributed by atoms with E-state index in [4.69, 9.17) is 19.2 Å². The third-order valence-corrected chi connectivity index (χ3v) is 6.58.